The third-order valence-corrected chi connectivity index (χ3v) is 3.22. The van der Waals surface area contributed by atoms with Gasteiger partial charge in [-0.2, -0.15) is 10.2 Å². The van der Waals surface area contributed by atoms with Crippen LogP contribution in [-0.2, 0) is 26.7 Å². The lowest BCUT2D eigenvalue weighted by molar-refractivity contribution is 0.675. The minimum atomic E-state index is 0.746. The Morgan fingerprint density at radius 3 is 2.71 bits per heavy atom. The molecule has 0 saturated carbocycles. The lowest BCUT2D eigenvalue weighted by atomic mass is 10.1. The van der Waals surface area contributed by atoms with Crippen molar-refractivity contribution in [3.63, 3.8) is 0 Å². The fourth-order valence-electron chi connectivity index (χ4n) is 2.25. The van der Waals surface area contributed by atoms with Crippen LogP contribution in [0.2, 0.25) is 0 Å². The molecule has 0 bridgehead atoms. The van der Waals surface area contributed by atoms with Gasteiger partial charge in [-0.3, -0.25) is 4.68 Å². The molecule has 0 aliphatic heterocycles. The van der Waals surface area contributed by atoms with E-state index in [-0.39, 0.29) is 0 Å². The predicted octanol–water partition coefficient (Wildman–Crippen LogP) is 1.35. The second-order valence-corrected chi connectivity index (χ2v) is 5.04. The van der Waals surface area contributed by atoms with Gasteiger partial charge >= 0.3 is 0 Å². The molecular weight excluding hydrogens is 264 g/mol. The minimum absolute atomic E-state index is 0.746. The number of hydrogen-bond acceptors (Lipinski definition) is 4. The fraction of sp³-hybridized carbons (Fsp3) is 0.267. The SMILES string of the molecule is Cn1cc(CNCc2cccc(Cn3cncn3)c2)cn1. The van der Waals surface area contributed by atoms with Crippen molar-refractivity contribution >= 4 is 0 Å². The Bertz CT molecular complexity index is 686. The van der Waals surface area contributed by atoms with Crippen LogP contribution in [0.4, 0.5) is 0 Å². The Morgan fingerprint density at radius 1 is 1.10 bits per heavy atom. The van der Waals surface area contributed by atoms with Gasteiger partial charge < -0.3 is 5.32 Å². The molecule has 2 heterocycles. The number of hydrogen-bond donors (Lipinski definition) is 1. The summed E-state index contributed by atoms with van der Waals surface area (Å²) in [6, 6.07) is 8.50. The van der Waals surface area contributed by atoms with E-state index in [4.69, 9.17) is 0 Å². The van der Waals surface area contributed by atoms with Gasteiger partial charge in [-0.1, -0.05) is 24.3 Å². The van der Waals surface area contributed by atoms with Crippen LogP contribution in [0.25, 0.3) is 0 Å². The zero-order valence-electron chi connectivity index (χ0n) is 12.0. The molecule has 2 aromatic heterocycles. The first-order valence-electron chi connectivity index (χ1n) is 6.88. The average Bonchev–Trinajstić information content (AvgIpc) is 3.11. The maximum absolute atomic E-state index is 4.16. The molecule has 0 aliphatic rings. The van der Waals surface area contributed by atoms with E-state index in [1.807, 2.05) is 28.8 Å². The van der Waals surface area contributed by atoms with Gasteiger partial charge in [0.05, 0.1) is 12.7 Å². The van der Waals surface area contributed by atoms with Gasteiger partial charge in [0.25, 0.3) is 0 Å². The van der Waals surface area contributed by atoms with Gasteiger partial charge in [0.15, 0.2) is 0 Å². The Kier molecular flexibility index (Phi) is 4.07. The summed E-state index contributed by atoms with van der Waals surface area (Å²) < 4.78 is 3.64. The molecule has 108 valence electrons. The molecular formula is C15H18N6. The standard InChI is InChI=1S/C15H18N6/c1-20-9-15(8-18-20)7-16-6-13-3-2-4-14(5-13)10-21-12-17-11-19-21/h2-5,8-9,11-12,16H,6-7,10H2,1H3. The van der Waals surface area contributed by atoms with Crippen LogP contribution in [-0.4, -0.2) is 24.5 Å². The van der Waals surface area contributed by atoms with Crippen LogP contribution >= 0.6 is 0 Å². The highest BCUT2D eigenvalue weighted by Gasteiger charge is 2.00. The predicted molar refractivity (Wildman–Crippen MR) is 79.3 cm³/mol. The Morgan fingerprint density at radius 2 is 1.95 bits per heavy atom. The molecule has 0 fully saturated rings. The molecule has 0 aliphatic carbocycles. The lowest BCUT2D eigenvalue weighted by Crippen LogP contribution is -2.12. The molecule has 1 aromatic carbocycles. The van der Waals surface area contributed by atoms with Crippen molar-refractivity contribution < 1.29 is 0 Å². The van der Waals surface area contributed by atoms with Gasteiger partial charge in [-0.05, 0) is 11.1 Å². The second kappa shape index (κ2) is 6.32. The monoisotopic (exact) mass is 282 g/mol. The second-order valence-electron chi connectivity index (χ2n) is 5.04. The van der Waals surface area contributed by atoms with Crippen molar-refractivity contribution in [1.29, 1.82) is 0 Å². The number of rotatable bonds is 6. The first-order chi connectivity index (χ1) is 10.3. The van der Waals surface area contributed by atoms with Crippen LogP contribution in [0.3, 0.4) is 0 Å². The largest absolute Gasteiger partial charge is 0.309 e. The molecule has 21 heavy (non-hydrogen) atoms. The van der Waals surface area contributed by atoms with E-state index in [1.54, 1.807) is 12.7 Å². The maximum atomic E-state index is 4.16. The maximum Gasteiger partial charge on any atom is 0.137 e. The summed E-state index contributed by atoms with van der Waals surface area (Å²) in [6.07, 6.45) is 7.19. The average molecular weight is 282 g/mol. The van der Waals surface area contributed by atoms with E-state index in [9.17, 15) is 0 Å². The van der Waals surface area contributed by atoms with E-state index >= 15 is 0 Å². The van der Waals surface area contributed by atoms with Crippen LogP contribution in [0, 0.1) is 0 Å². The van der Waals surface area contributed by atoms with Gasteiger partial charge in [0.2, 0.25) is 0 Å². The van der Waals surface area contributed by atoms with Crippen LogP contribution in [0.15, 0.2) is 49.3 Å². The molecule has 0 spiro atoms. The lowest BCUT2D eigenvalue weighted by Gasteiger charge is -2.06. The van der Waals surface area contributed by atoms with Crippen LogP contribution < -0.4 is 5.32 Å². The number of aryl methyl sites for hydroxylation is 1. The highest BCUT2D eigenvalue weighted by Crippen LogP contribution is 2.07. The van der Waals surface area contributed by atoms with Crippen molar-refractivity contribution in [2.45, 2.75) is 19.6 Å². The number of nitrogens with one attached hydrogen (secondary N) is 1. The van der Waals surface area contributed by atoms with Crippen LogP contribution in [0.1, 0.15) is 16.7 Å². The summed E-state index contributed by atoms with van der Waals surface area (Å²) in [5, 5.41) is 11.7. The van der Waals surface area contributed by atoms with Gasteiger partial charge in [0.1, 0.15) is 12.7 Å². The van der Waals surface area contributed by atoms with Crippen molar-refractivity contribution in [1.82, 2.24) is 29.9 Å². The van der Waals surface area contributed by atoms with E-state index in [2.05, 4.69) is 44.8 Å². The third-order valence-electron chi connectivity index (χ3n) is 3.22. The Labute approximate surface area is 123 Å². The summed E-state index contributed by atoms with van der Waals surface area (Å²) in [5.41, 5.74) is 3.67. The third kappa shape index (κ3) is 3.76. The first kappa shape index (κ1) is 13.5. The molecule has 3 rings (SSSR count). The number of aromatic nitrogens is 5. The van der Waals surface area contributed by atoms with Crippen molar-refractivity contribution in [2.75, 3.05) is 0 Å². The van der Waals surface area contributed by atoms with Crippen molar-refractivity contribution in [3.8, 4) is 0 Å². The summed E-state index contributed by atoms with van der Waals surface area (Å²) in [4.78, 5) is 3.96. The molecule has 6 nitrogen and oxygen atoms in total. The summed E-state index contributed by atoms with van der Waals surface area (Å²) in [5.74, 6) is 0. The minimum Gasteiger partial charge on any atom is -0.309 e. The first-order valence-corrected chi connectivity index (χ1v) is 6.88. The van der Waals surface area contributed by atoms with Crippen molar-refractivity contribution in [2.24, 2.45) is 7.05 Å². The highest BCUT2D eigenvalue weighted by atomic mass is 15.3. The Balaban J connectivity index is 1.55. The highest BCUT2D eigenvalue weighted by molar-refractivity contribution is 5.23. The van der Waals surface area contributed by atoms with E-state index in [1.165, 1.54) is 16.7 Å². The molecule has 0 unspecified atom stereocenters. The van der Waals surface area contributed by atoms with Gasteiger partial charge in [-0.15, -0.1) is 0 Å². The summed E-state index contributed by atoms with van der Waals surface area (Å²) in [7, 11) is 1.93. The molecule has 0 atom stereocenters. The molecule has 3 aromatic rings. The van der Waals surface area contributed by atoms with Crippen molar-refractivity contribution in [3.05, 3.63) is 66.0 Å². The van der Waals surface area contributed by atoms with E-state index in [0.717, 1.165) is 19.6 Å². The molecule has 0 radical (unpaired) electrons. The van der Waals surface area contributed by atoms with Crippen LogP contribution in [0.5, 0.6) is 0 Å². The van der Waals surface area contributed by atoms with Gasteiger partial charge in [0, 0.05) is 31.9 Å². The summed E-state index contributed by atoms with van der Waals surface area (Å²) in [6.45, 7) is 2.40. The normalized spacial score (nSPS) is 10.9. The number of nitrogens with zero attached hydrogens (tertiary/aromatic N) is 5. The fourth-order valence-corrected chi connectivity index (χ4v) is 2.25. The Hall–Kier alpha value is -2.47. The molecule has 0 amide bonds. The number of benzene rings is 1. The topological polar surface area (TPSA) is 60.6 Å². The van der Waals surface area contributed by atoms with Gasteiger partial charge in [-0.25, -0.2) is 9.67 Å². The quantitative estimate of drug-likeness (QED) is 0.741. The van der Waals surface area contributed by atoms with E-state index in [0.29, 0.717) is 0 Å². The van der Waals surface area contributed by atoms with E-state index < -0.39 is 0 Å². The zero-order valence-corrected chi connectivity index (χ0v) is 12.0. The molecule has 1 N–H and O–H groups in total. The smallest absolute Gasteiger partial charge is 0.137 e. The summed E-state index contributed by atoms with van der Waals surface area (Å²) >= 11 is 0. The zero-order chi connectivity index (χ0) is 14.5. The molecule has 6 heteroatoms. The molecule has 0 saturated heterocycles.